The molecule has 0 radical (unpaired) electrons. The Morgan fingerprint density at radius 2 is 1.71 bits per heavy atom. The maximum atomic E-state index is 12.5. The number of amides is 1. The minimum Gasteiger partial charge on any atom is -0.466 e. The van der Waals surface area contributed by atoms with E-state index in [4.69, 9.17) is 14.2 Å². The molecule has 0 aliphatic carbocycles. The van der Waals surface area contributed by atoms with Crippen LogP contribution in [0.15, 0.2) is 0 Å². The monoisotopic (exact) mass is 343 g/mol. The Balaban J connectivity index is 2.94. The van der Waals surface area contributed by atoms with Crippen LogP contribution in [0.2, 0.25) is 0 Å². The fourth-order valence-corrected chi connectivity index (χ4v) is 2.77. The van der Waals surface area contributed by atoms with E-state index in [0.29, 0.717) is 19.4 Å². The number of carbonyl (C=O) groups is 3. The number of esters is 2. The highest BCUT2D eigenvalue weighted by atomic mass is 16.6. The molecule has 0 aromatic rings. The van der Waals surface area contributed by atoms with Gasteiger partial charge in [0.2, 0.25) is 0 Å². The van der Waals surface area contributed by atoms with E-state index in [-0.39, 0.29) is 26.2 Å². The van der Waals surface area contributed by atoms with Crippen LogP contribution in [0.4, 0.5) is 4.79 Å². The first-order valence-electron chi connectivity index (χ1n) is 8.44. The van der Waals surface area contributed by atoms with Gasteiger partial charge in [-0.2, -0.15) is 0 Å². The van der Waals surface area contributed by atoms with Gasteiger partial charge in [0.15, 0.2) is 0 Å². The van der Waals surface area contributed by atoms with Crippen LogP contribution in [0, 0.1) is 5.41 Å². The van der Waals surface area contributed by atoms with Crippen LogP contribution in [-0.4, -0.2) is 54.8 Å². The van der Waals surface area contributed by atoms with Gasteiger partial charge in [-0.3, -0.25) is 9.59 Å². The van der Waals surface area contributed by atoms with Crippen molar-refractivity contribution >= 4 is 18.0 Å². The SMILES string of the molecule is CCOC(=O)CC1(C(=O)OCC)CCCN(C(=O)OC(C)(C)C)C1. The largest absolute Gasteiger partial charge is 0.466 e. The van der Waals surface area contributed by atoms with E-state index in [1.807, 2.05) is 0 Å². The molecule has 0 saturated carbocycles. The van der Waals surface area contributed by atoms with E-state index in [1.54, 1.807) is 34.6 Å². The third-order valence-corrected chi connectivity index (χ3v) is 3.73. The molecule has 1 aliphatic rings. The van der Waals surface area contributed by atoms with Gasteiger partial charge in [-0.1, -0.05) is 0 Å². The Bertz CT molecular complexity index is 470. The summed E-state index contributed by atoms with van der Waals surface area (Å²) in [6, 6.07) is 0. The summed E-state index contributed by atoms with van der Waals surface area (Å²) in [5, 5.41) is 0. The smallest absolute Gasteiger partial charge is 0.410 e. The first-order valence-corrected chi connectivity index (χ1v) is 8.44. The number of likely N-dealkylation sites (tertiary alicyclic amines) is 1. The summed E-state index contributed by atoms with van der Waals surface area (Å²) in [5.74, 6) is -0.928. The van der Waals surface area contributed by atoms with Crippen LogP contribution in [0.1, 0.15) is 53.9 Å². The predicted molar refractivity (Wildman–Crippen MR) is 87.4 cm³/mol. The molecule has 138 valence electrons. The molecule has 0 spiro atoms. The van der Waals surface area contributed by atoms with E-state index in [9.17, 15) is 14.4 Å². The number of carbonyl (C=O) groups excluding carboxylic acids is 3. The van der Waals surface area contributed by atoms with Gasteiger partial charge < -0.3 is 19.1 Å². The molecule has 1 saturated heterocycles. The number of hydrogen-bond donors (Lipinski definition) is 0. The number of ether oxygens (including phenoxy) is 3. The van der Waals surface area contributed by atoms with Gasteiger partial charge in [0.25, 0.3) is 0 Å². The molecule has 1 amide bonds. The van der Waals surface area contributed by atoms with Crippen molar-refractivity contribution < 1.29 is 28.6 Å². The normalized spacial score (nSPS) is 21.1. The second-order valence-electron chi connectivity index (χ2n) is 6.99. The summed E-state index contributed by atoms with van der Waals surface area (Å²) in [6.45, 7) is 9.82. The molecule has 1 unspecified atom stereocenters. The maximum Gasteiger partial charge on any atom is 0.410 e. The van der Waals surface area contributed by atoms with Crippen LogP contribution in [0.3, 0.4) is 0 Å². The minimum atomic E-state index is -1.07. The van der Waals surface area contributed by atoms with Crippen LogP contribution in [0.5, 0.6) is 0 Å². The standard InChI is InChI=1S/C17H29NO6/c1-6-22-13(19)11-17(14(20)23-7-2)9-8-10-18(12-17)15(21)24-16(3,4)5/h6-12H2,1-5H3. The molecule has 0 aromatic carbocycles. The lowest BCUT2D eigenvalue weighted by molar-refractivity contribution is -0.165. The molecule has 7 heteroatoms. The van der Waals surface area contributed by atoms with Crippen LogP contribution in [-0.2, 0) is 23.8 Å². The van der Waals surface area contributed by atoms with E-state index in [0.717, 1.165) is 0 Å². The molecule has 0 bridgehead atoms. The second-order valence-corrected chi connectivity index (χ2v) is 6.99. The average Bonchev–Trinajstić information content (AvgIpc) is 2.46. The summed E-state index contributed by atoms with van der Waals surface area (Å²) in [6.07, 6.45) is 0.486. The Morgan fingerprint density at radius 1 is 1.08 bits per heavy atom. The average molecular weight is 343 g/mol. The molecular formula is C17H29NO6. The molecule has 1 fully saturated rings. The first-order chi connectivity index (χ1) is 11.1. The topological polar surface area (TPSA) is 82.1 Å². The zero-order chi connectivity index (χ0) is 18.4. The summed E-state index contributed by atoms with van der Waals surface area (Å²) in [7, 11) is 0. The van der Waals surface area contributed by atoms with Crippen molar-refractivity contribution in [3.63, 3.8) is 0 Å². The second kappa shape index (κ2) is 8.35. The highest BCUT2D eigenvalue weighted by Gasteiger charge is 2.47. The zero-order valence-electron chi connectivity index (χ0n) is 15.3. The molecule has 0 N–H and O–H groups in total. The highest BCUT2D eigenvalue weighted by molar-refractivity contribution is 5.84. The quantitative estimate of drug-likeness (QED) is 0.563. The Hall–Kier alpha value is -1.79. The van der Waals surface area contributed by atoms with E-state index in [2.05, 4.69) is 0 Å². The van der Waals surface area contributed by atoms with Crippen LogP contribution < -0.4 is 0 Å². The lowest BCUT2D eigenvalue weighted by Crippen LogP contribution is -2.52. The number of piperidine rings is 1. The van der Waals surface area contributed by atoms with Gasteiger partial charge in [0, 0.05) is 13.1 Å². The Labute approximate surface area is 143 Å². The summed E-state index contributed by atoms with van der Waals surface area (Å²) in [5.41, 5.74) is -1.69. The van der Waals surface area contributed by atoms with Gasteiger partial charge in [-0.25, -0.2) is 4.79 Å². The van der Waals surface area contributed by atoms with Crippen molar-refractivity contribution in [3.05, 3.63) is 0 Å². The predicted octanol–water partition coefficient (Wildman–Crippen LogP) is 2.52. The molecule has 24 heavy (non-hydrogen) atoms. The molecule has 0 aromatic heterocycles. The molecule has 7 nitrogen and oxygen atoms in total. The highest BCUT2D eigenvalue weighted by Crippen LogP contribution is 2.36. The lowest BCUT2D eigenvalue weighted by Gasteiger charge is -2.40. The van der Waals surface area contributed by atoms with E-state index < -0.39 is 29.0 Å². The van der Waals surface area contributed by atoms with Crippen molar-refractivity contribution in [1.82, 2.24) is 4.90 Å². The summed E-state index contributed by atoms with van der Waals surface area (Å²) in [4.78, 5) is 38.3. The Morgan fingerprint density at radius 3 is 2.25 bits per heavy atom. The van der Waals surface area contributed by atoms with Gasteiger partial charge in [0.1, 0.15) is 5.60 Å². The number of hydrogen-bond acceptors (Lipinski definition) is 6. The van der Waals surface area contributed by atoms with Crippen molar-refractivity contribution in [2.75, 3.05) is 26.3 Å². The van der Waals surface area contributed by atoms with Crippen molar-refractivity contribution in [1.29, 1.82) is 0 Å². The summed E-state index contributed by atoms with van der Waals surface area (Å²) < 4.78 is 15.5. The fourth-order valence-electron chi connectivity index (χ4n) is 2.77. The maximum absolute atomic E-state index is 12.5. The summed E-state index contributed by atoms with van der Waals surface area (Å²) >= 11 is 0. The fraction of sp³-hybridized carbons (Fsp3) is 0.824. The third kappa shape index (κ3) is 5.69. The van der Waals surface area contributed by atoms with Gasteiger partial charge >= 0.3 is 18.0 Å². The van der Waals surface area contributed by atoms with Crippen molar-refractivity contribution in [3.8, 4) is 0 Å². The molecular weight excluding hydrogens is 314 g/mol. The zero-order valence-corrected chi connectivity index (χ0v) is 15.3. The lowest BCUT2D eigenvalue weighted by atomic mass is 9.77. The van der Waals surface area contributed by atoms with E-state index in [1.165, 1.54) is 4.90 Å². The van der Waals surface area contributed by atoms with Gasteiger partial charge in [0.05, 0.1) is 25.0 Å². The van der Waals surface area contributed by atoms with Gasteiger partial charge in [-0.05, 0) is 47.5 Å². The minimum absolute atomic E-state index is 0.0968. The molecule has 1 heterocycles. The molecule has 1 atom stereocenters. The first kappa shape index (κ1) is 20.3. The Kier molecular flexibility index (Phi) is 7.05. The van der Waals surface area contributed by atoms with Gasteiger partial charge in [-0.15, -0.1) is 0 Å². The van der Waals surface area contributed by atoms with E-state index >= 15 is 0 Å². The van der Waals surface area contributed by atoms with Crippen molar-refractivity contribution in [2.45, 2.75) is 59.5 Å². The van der Waals surface area contributed by atoms with Crippen LogP contribution >= 0.6 is 0 Å². The third-order valence-electron chi connectivity index (χ3n) is 3.73. The molecule has 1 rings (SSSR count). The molecule has 1 aliphatic heterocycles. The number of nitrogens with zero attached hydrogens (tertiary/aromatic N) is 1. The van der Waals surface area contributed by atoms with Crippen molar-refractivity contribution in [2.24, 2.45) is 5.41 Å². The number of rotatable bonds is 5. The van der Waals surface area contributed by atoms with Crippen LogP contribution in [0.25, 0.3) is 0 Å².